The number of morpholine rings is 1. The van der Waals surface area contributed by atoms with Gasteiger partial charge in [0.2, 0.25) is 0 Å². The van der Waals surface area contributed by atoms with E-state index < -0.39 is 0 Å². The molecule has 2 fully saturated rings. The van der Waals surface area contributed by atoms with Gasteiger partial charge < -0.3 is 19.2 Å². The third-order valence-corrected chi connectivity index (χ3v) is 7.83. The molecule has 32 heavy (non-hydrogen) atoms. The predicted molar refractivity (Wildman–Crippen MR) is 127 cm³/mol. The van der Waals surface area contributed by atoms with E-state index in [-0.39, 0.29) is 12.4 Å². The third-order valence-electron chi connectivity index (χ3n) is 6.32. The molecule has 2 aromatic heterocycles. The van der Waals surface area contributed by atoms with E-state index in [9.17, 15) is 0 Å². The molecule has 2 aliphatic rings. The Morgan fingerprint density at radius 1 is 1.22 bits per heavy atom. The Morgan fingerprint density at radius 2 is 2.00 bits per heavy atom. The van der Waals surface area contributed by atoms with E-state index in [1.54, 1.807) is 18.4 Å². The van der Waals surface area contributed by atoms with E-state index in [2.05, 4.69) is 45.2 Å². The van der Waals surface area contributed by atoms with Crippen LogP contribution in [0.3, 0.4) is 0 Å². The van der Waals surface area contributed by atoms with Crippen LogP contribution < -0.4 is 0 Å². The van der Waals surface area contributed by atoms with E-state index in [4.69, 9.17) is 25.8 Å². The van der Waals surface area contributed by atoms with Gasteiger partial charge in [-0.1, -0.05) is 35.9 Å². The highest BCUT2D eigenvalue weighted by atomic mass is 35.5. The second kappa shape index (κ2) is 9.63. The molecule has 1 aliphatic heterocycles. The lowest BCUT2D eigenvalue weighted by Gasteiger charge is -2.39. The number of ether oxygens (including phenoxy) is 3. The Morgan fingerprint density at radius 3 is 2.69 bits per heavy atom. The number of rotatable bonds is 8. The zero-order valence-corrected chi connectivity index (χ0v) is 19.8. The van der Waals surface area contributed by atoms with Crippen LogP contribution in [0.1, 0.15) is 29.8 Å². The molecular formula is C24H28ClN3O3S. The molecule has 0 amide bonds. The molecule has 3 aromatic rings. The number of hydrogen-bond donors (Lipinski definition) is 1. The van der Waals surface area contributed by atoms with Crippen molar-refractivity contribution in [1.82, 2.24) is 14.9 Å². The zero-order chi connectivity index (χ0) is 22.0. The molecule has 3 heterocycles. The fourth-order valence-electron chi connectivity index (χ4n) is 4.27. The highest BCUT2D eigenvalue weighted by molar-refractivity contribution is 7.15. The van der Waals surface area contributed by atoms with Gasteiger partial charge in [-0.15, -0.1) is 11.3 Å². The van der Waals surface area contributed by atoms with Gasteiger partial charge in [-0.3, -0.25) is 4.90 Å². The Bertz CT molecular complexity index is 1040. The summed E-state index contributed by atoms with van der Waals surface area (Å²) >= 11 is 8.25. The maximum atomic E-state index is 6.60. The van der Waals surface area contributed by atoms with Crippen molar-refractivity contribution in [3.63, 3.8) is 0 Å². The van der Waals surface area contributed by atoms with Crippen LogP contribution in [0.25, 0.3) is 21.7 Å². The number of hydrogen-bond acceptors (Lipinski definition) is 6. The molecule has 0 unspecified atom stereocenters. The van der Waals surface area contributed by atoms with Crippen LogP contribution in [-0.4, -0.2) is 55.1 Å². The van der Waals surface area contributed by atoms with Gasteiger partial charge in [-0.25, -0.2) is 4.98 Å². The fourth-order valence-corrected chi connectivity index (χ4v) is 5.72. The minimum absolute atomic E-state index is 0.283. The molecule has 0 atom stereocenters. The average Bonchev–Trinajstić information content (AvgIpc) is 3.42. The van der Waals surface area contributed by atoms with Gasteiger partial charge in [-0.2, -0.15) is 0 Å². The topological polar surface area (TPSA) is 59.6 Å². The second-order valence-electron chi connectivity index (χ2n) is 8.42. The minimum Gasteiger partial charge on any atom is -0.379 e. The van der Waals surface area contributed by atoms with Crippen molar-refractivity contribution in [1.29, 1.82) is 0 Å². The van der Waals surface area contributed by atoms with E-state index in [1.165, 1.54) is 5.56 Å². The van der Waals surface area contributed by atoms with Gasteiger partial charge in [-0.05, 0) is 36.5 Å². The van der Waals surface area contributed by atoms with Crippen molar-refractivity contribution in [2.45, 2.75) is 31.4 Å². The summed E-state index contributed by atoms with van der Waals surface area (Å²) in [7, 11) is 1.65. The van der Waals surface area contributed by atoms with Crippen LogP contribution in [0, 0.1) is 0 Å². The number of thiazole rings is 1. The Balaban J connectivity index is 1.32. The molecule has 170 valence electrons. The number of nitrogens with one attached hydrogen (secondary N) is 1. The summed E-state index contributed by atoms with van der Waals surface area (Å²) in [6.07, 6.45) is 5.01. The summed E-state index contributed by atoms with van der Waals surface area (Å²) in [5, 5.41) is 1.63. The maximum absolute atomic E-state index is 6.60. The molecule has 5 rings (SSSR count). The third kappa shape index (κ3) is 4.51. The average molecular weight is 474 g/mol. The van der Waals surface area contributed by atoms with Crippen LogP contribution in [0.4, 0.5) is 0 Å². The van der Waals surface area contributed by atoms with Crippen LogP contribution in [0.2, 0.25) is 5.15 Å². The van der Waals surface area contributed by atoms with E-state index >= 15 is 0 Å². The number of methoxy groups -OCH3 is 1. The number of H-pyrrole nitrogens is 1. The van der Waals surface area contributed by atoms with Gasteiger partial charge in [0.15, 0.2) is 0 Å². The standard InChI is InChI=1S/C24H28ClN3O3S/c1-29-16-31-24(7-2-8-24)23-26-14-21(32-23)19-13-20(27-22(19)25)18-5-3-17(4-6-18)15-28-9-11-30-12-10-28/h3-6,13-14,27H,2,7-12,15-16H2,1H3. The van der Waals surface area contributed by atoms with Crippen molar-refractivity contribution in [2.75, 3.05) is 40.2 Å². The number of aromatic amines is 1. The number of halogens is 1. The summed E-state index contributed by atoms with van der Waals surface area (Å²) in [4.78, 5) is 11.5. The minimum atomic E-state index is -0.305. The monoisotopic (exact) mass is 473 g/mol. The number of benzene rings is 1. The summed E-state index contributed by atoms with van der Waals surface area (Å²) < 4.78 is 16.6. The fraction of sp³-hybridized carbons (Fsp3) is 0.458. The quantitative estimate of drug-likeness (QED) is 0.450. The van der Waals surface area contributed by atoms with Crippen LogP contribution in [0.15, 0.2) is 36.5 Å². The lowest BCUT2D eigenvalue weighted by Crippen LogP contribution is -2.37. The molecular weight excluding hydrogens is 446 g/mol. The van der Waals surface area contributed by atoms with Gasteiger partial charge in [0.1, 0.15) is 22.6 Å². The van der Waals surface area contributed by atoms with Crippen LogP contribution >= 0.6 is 22.9 Å². The first-order chi connectivity index (χ1) is 15.7. The first-order valence-corrected chi connectivity index (χ1v) is 12.2. The first-order valence-electron chi connectivity index (χ1n) is 11.0. The number of aromatic nitrogens is 2. The normalized spacial score (nSPS) is 18.6. The van der Waals surface area contributed by atoms with E-state index in [1.807, 2.05) is 6.20 Å². The summed E-state index contributed by atoms with van der Waals surface area (Å²) in [5.41, 5.74) is 4.10. The van der Waals surface area contributed by atoms with Crippen molar-refractivity contribution in [2.24, 2.45) is 0 Å². The summed E-state index contributed by atoms with van der Waals surface area (Å²) in [6.45, 7) is 4.86. The smallest absolute Gasteiger partial charge is 0.147 e. The Labute approximate surface area is 197 Å². The Kier molecular flexibility index (Phi) is 6.64. The molecule has 1 saturated heterocycles. The number of nitrogens with zero attached hydrogens (tertiary/aromatic N) is 2. The van der Waals surface area contributed by atoms with Crippen LogP contribution in [-0.2, 0) is 26.4 Å². The molecule has 1 aliphatic carbocycles. The second-order valence-corrected chi connectivity index (χ2v) is 9.83. The highest BCUT2D eigenvalue weighted by Crippen LogP contribution is 2.48. The summed E-state index contributed by atoms with van der Waals surface area (Å²) in [5.74, 6) is 0. The van der Waals surface area contributed by atoms with Crippen molar-refractivity contribution < 1.29 is 14.2 Å². The molecule has 0 radical (unpaired) electrons. The van der Waals surface area contributed by atoms with E-state index in [0.29, 0.717) is 5.15 Å². The largest absolute Gasteiger partial charge is 0.379 e. The van der Waals surface area contributed by atoms with Crippen LogP contribution in [0.5, 0.6) is 0 Å². The lowest BCUT2D eigenvalue weighted by molar-refractivity contribution is -0.171. The van der Waals surface area contributed by atoms with Gasteiger partial charge in [0.25, 0.3) is 0 Å². The first kappa shape index (κ1) is 22.1. The molecule has 1 aromatic carbocycles. The zero-order valence-electron chi connectivity index (χ0n) is 18.2. The molecule has 0 spiro atoms. The van der Waals surface area contributed by atoms with Gasteiger partial charge >= 0.3 is 0 Å². The SMILES string of the molecule is COCOC1(c2ncc(-c3cc(-c4ccc(CN5CCOCC5)cc4)[nH]c3Cl)s2)CCC1. The lowest BCUT2D eigenvalue weighted by atomic mass is 9.80. The molecule has 0 bridgehead atoms. The predicted octanol–water partition coefficient (Wildman–Crippen LogP) is 5.29. The van der Waals surface area contributed by atoms with Gasteiger partial charge in [0.05, 0.1) is 18.1 Å². The van der Waals surface area contributed by atoms with Crippen molar-refractivity contribution in [3.8, 4) is 21.7 Å². The highest BCUT2D eigenvalue weighted by Gasteiger charge is 2.42. The van der Waals surface area contributed by atoms with E-state index in [0.717, 1.165) is 78.8 Å². The molecule has 8 heteroatoms. The molecule has 1 saturated carbocycles. The van der Waals surface area contributed by atoms with Gasteiger partial charge in [0, 0.05) is 44.2 Å². The Hall–Kier alpha value is -1.74. The molecule has 6 nitrogen and oxygen atoms in total. The maximum Gasteiger partial charge on any atom is 0.147 e. The van der Waals surface area contributed by atoms with Crippen molar-refractivity contribution in [3.05, 3.63) is 52.3 Å². The van der Waals surface area contributed by atoms with Crippen molar-refractivity contribution >= 4 is 22.9 Å². The summed E-state index contributed by atoms with van der Waals surface area (Å²) in [6, 6.07) is 10.8. The molecule has 1 N–H and O–H groups in total.